The molecular weight excluding hydrogens is 241 g/mol. The number of hydrogen-bond acceptors (Lipinski definition) is 1. The van der Waals surface area contributed by atoms with Gasteiger partial charge in [-0.2, -0.15) is 0 Å². The Balaban J connectivity index is 3.06. The van der Waals surface area contributed by atoms with Crippen LogP contribution in [0.25, 0.3) is 0 Å². The van der Waals surface area contributed by atoms with E-state index in [4.69, 9.17) is 4.74 Å². The molecule has 0 aromatic heterocycles. The average molecular weight is 266 g/mol. The topological polar surface area (TPSA) is 18.8 Å². The van der Waals surface area contributed by atoms with Crippen LogP contribution in [0.2, 0.25) is 0 Å². The quantitative estimate of drug-likeness (QED) is 0.677. The van der Waals surface area contributed by atoms with Crippen molar-refractivity contribution in [2.24, 2.45) is 4.74 Å². The SMILES string of the molecule is CCN(CC)[P+](=Nc1ccccc1)N(CC)CC. The predicted molar refractivity (Wildman–Crippen MR) is 81.3 cm³/mol. The minimum Gasteiger partial charge on any atom is -0.0961 e. The van der Waals surface area contributed by atoms with Crippen LogP contribution in [0.15, 0.2) is 35.1 Å². The molecule has 3 nitrogen and oxygen atoms in total. The zero-order valence-corrected chi connectivity index (χ0v) is 12.9. The summed E-state index contributed by atoms with van der Waals surface area (Å²) in [5, 5.41) is 0. The monoisotopic (exact) mass is 266 g/mol. The van der Waals surface area contributed by atoms with Gasteiger partial charge in [-0.05, 0) is 44.6 Å². The number of hydrogen-bond donors (Lipinski definition) is 0. The molecule has 0 atom stereocenters. The van der Waals surface area contributed by atoms with Crippen LogP contribution in [0, 0.1) is 0 Å². The highest BCUT2D eigenvalue weighted by atomic mass is 31.1. The summed E-state index contributed by atoms with van der Waals surface area (Å²) < 4.78 is 9.87. The van der Waals surface area contributed by atoms with Crippen molar-refractivity contribution in [3.8, 4) is 0 Å². The molecule has 0 radical (unpaired) electrons. The highest BCUT2D eigenvalue weighted by Gasteiger charge is 2.29. The zero-order valence-electron chi connectivity index (χ0n) is 12.0. The van der Waals surface area contributed by atoms with Gasteiger partial charge in [0.25, 0.3) is 0 Å². The summed E-state index contributed by atoms with van der Waals surface area (Å²) in [6.07, 6.45) is 0. The van der Waals surface area contributed by atoms with E-state index in [0.29, 0.717) is 0 Å². The maximum Gasteiger partial charge on any atom is 0.404 e. The molecule has 0 aliphatic carbocycles. The first-order valence-electron chi connectivity index (χ1n) is 6.83. The molecule has 1 rings (SSSR count). The van der Waals surface area contributed by atoms with Crippen LogP contribution >= 0.6 is 8.01 Å². The van der Waals surface area contributed by atoms with Gasteiger partial charge in [-0.3, -0.25) is 0 Å². The van der Waals surface area contributed by atoms with Crippen LogP contribution in [0.4, 0.5) is 5.69 Å². The molecule has 0 spiro atoms. The largest absolute Gasteiger partial charge is 0.404 e. The summed E-state index contributed by atoms with van der Waals surface area (Å²) in [7, 11) is -0.573. The zero-order chi connectivity index (χ0) is 13.4. The van der Waals surface area contributed by atoms with Crippen molar-refractivity contribution in [3.05, 3.63) is 30.3 Å². The van der Waals surface area contributed by atoms with Crippen LogP contribution in [0.1, 0.15) is 27.7 Å². The predicted octanol–water partition coefficient (Wildman–Crippen LogP) is 4.50. The van der Waals surface area contributed by atoms with E-state index in [0.717, 1.165) is 31.9 Å². The van der Waals surface area contributed by atoms with E-state index in [1.165, 1.54) is 0 Å². The fourth-order valence-corrected chi connectivity index (χ4v) is 3.82. The molecule has 18 heavy (non-hydrogen) atoms. The van der Waals surface area contributed by atoms with Crippen molar-refractivity contribution in [1.82, 2.24) is 9.34 Å². The molecule has 0 N–H and O–H groups in total. The van der Waals surface area contributed by atoms with Gasteiger partial charge in [0.2, 0.25) is 0 Å². The standard InChI is InChI=1S/C14H25N3P/c1-5-16(6-2)18(17(7-3)8-4)15-14-12-10-9-11-13-14/h9-13H,5-8H2,1-4H3/q+1. The highest BCUT2D eigenvalue weighted by molar-refractivity contribution is 7.42. The maximum atomic E-state index is 4.96. The Morgan fingerprint density at radius 2 is 1.28 bits per heavy atom. The van der Waals surface area contributed by atoms with Gasteiger partial charge < -0.3 is 0 Å². The van der Waals surface area contributed by atoms with Crippen LogP contribution < -0.4 is 0 Å². The van der Waals surface area contributed by atoms with Crippen molar-refractivity contribution < 1.29 is 0 Å². The molecule has 0 heterocycles. The Labute approximate surface area is 112 Å². The normalized spacial score (nSPS) is 11.0. The Hall–Kier alpha value is -0.760. The summed E-state index contributed by atoms with van der Waals surface area (Å²) in [6.45, 7) is 13.0. The molecule has 100 valence electrons. The summed E-state index contributed by atoms with van der Waals surface area (Å²) in [5.41, 5.74) is 1.09. The molecule has 0 aliphatic rings. The minimum absolute atomic E-state index is 0.573. The molecule has 0 unspecified atom stereocenters. The third-order valence-corrected chi connectivity index (χ3v) is 5.48. The molecule has 0 amide bonds. The molecule has 1 aromatic rings. The molecule has 1 aromatic carbocycles. The second kappa shape index (κ2) is 8.36. The summed E-state index contributed by atoms with van der Waals surface area (Å²) in [6, 6.07) is 10.3. The third-order valence-electron chi connectivity index (χ3n) is 2.93. The molecule has 0 bridgehead atoms. The van der Waals surface area contributed by atoms with Gasteiger partial charge in [-0.1, -0.05) is 27.5 Å². The molecule has 0 saturated heterocycles. The van der Waals surface area contributed by atoms with Gasteiger partial charge >= 0.3 is 8.01 Å². The van der Waals surface area contributed by atoms with E-state index in [-0.39, 0.29) is 0 Å². The highest BCUT2D eigenvalue weighted by Crippen LogP contribution is 2.38. The lowest BCUT2D eigenvalue weighted by Gasteiger charge is -2.16. The molecule has 0 fully saturated rings. The number of benzene rings is 1. The van der Waals surface area contributed by atoms with Crippen LogP contribution in [0.3, 0.4) is 0 Å². The molecular formula is C14H25N3P+. The van der Waals surface area contributed by atoms with E-state index in [1.54, 1.807) is 0 Å². The Morgan fingerprint density at radius 1 is 0.833 bits per heavy atom. The van der Waals surface area contributed by atoms with Gasteiger partial charge in [0, 0.05) is 26.2 Å². The Kier molecular flexibility index (Phi) is 7.11. The van der Waals surface area contributed by atoms with E-state index in [9.17, 15) is 0 Å². The van der Waals surface area contributed by atoms with E-state index in [1.807, 2.05) is 6.07 Å². The van der Waals surface area contributed by atoms with Gasteiger partial charge in [0.1, 0.15) is 5.69 Å². The second-order valence-corrected chi connectivity index (χ2v) is 5.85. The van der Waals surface area contributed by atoms with Gasteiger partial charge in [-0.25, -0.2) is 0 Å². The Morgan fingerprint density at radius 3 is 1.67 bits per heavy atom. The van der Waals surface area contributed by atoms with E-state index < -0.39 is 8.01 Å². The van der Waals surface area contributed by atoms with Crippen LogP contribution in [0.5, 0.6) is 0 Å². The number of rotatable bonds is 7. The summed E-state index contributed by atoms with van der Waals surface area (Å²) in [5.74, 6) is 0. The van der Waals surface area contributed by atoms with Crippen LogP contribution in [-0.2, 0) is 0 Å². The maximum absolute atomic E-state index is 4.96. The van der Waals surface area contributed by atoms with Crippen molar-refractivity contribution in [2.45, 2.75) is 27.7 Å². The summed E-state index contributed by atoms with van der Waals surface area (Å²) >= 11 is 0. The first kappa shape index (κ1) is 15.3. The first-order chi connectivity index (χ1) is 8.76. The van der Waals surface area contributed by atoms with E-state index >= 15 is 0 Å². The van der Waals surface area contributed by atoms with E-state index in [2.05, 4.69) is 61.3 Å². The van der Waals surface area contributed by atoms with Crippen LogP contribution in [-0.4, -0.2) is 35.5 Å². The molecule has 0 aliphatic heterocycles. The van der Waals surface area contributed by atoms with Crippen molar-refractivity contribution in [2.75, 3.05) is 26.2 Å². The van der Waals surface area contributed by atoms with Crippen molar-refractivity contribution in [3.63, 3.8) is 0 Å². The minimum atomic E-state index is -0.573. The van der Waals surface area contributed by atoms with Crippen molar-refractivity contribution >= 4 is 13.7 Å². The lowest BCUT2D eigenvalue weighted by Crippen LogP contribution is -2.25. The average Bonchev–Trinajstić information content (AvgIpc) is 2.42. The smallest absolute Gasteiger partial charge is 0.0961 e. The van der Waals surface area contributed by atoms with Gasteiger partial charge in [0.05, 0.1) is 0 Å². The third kappa shape index (κ3) is 4.16. The Bertz CT molecular complexity index is 343. The fourth-order valence-electron chi connectivity index (χ4n) is 1.86. The lowest BCUT2D eigenvalue weighted by atomic mass is 10.3. The second-order valence-electron chi connectivity index (χ2n) is 3.98. The fraction of sp³-hybridized carbons (Fsp3) is 0.571. The lowest BCUT2D eigenvalue weighted by molar-refractivity contribution is 0.431. The number of nitrogens with zero attached hydrogens (tertiary/aromatic N) is 3. The van der Waals surface area contributed by atoms with Gasteiger partial charge in [0.15, 0.2) is 0 Å². The molecule has 4 heteroatoms. The van der Waals surface area contributed by atoms with Crippen molar-refractivity contribution in [1.29, 1.82) is 0 Å². The molecule has 0 saturated carbocycles. The first-order valence-corrected chi connectivity index (χ1v) is 8.03. The summed E-state index contributed by atoms with van der Waals surface area (Å²) in [4.78, 5) is 0. The van der Waals surface area contributed by atoms with Gasteiger partial charge in [-0.15, -0.1) is 0 Å².